The molecule has 1 heterocycles. The molecule has 0 aliphatic carbocycles. The van der Waals surface area contributed by atoms with E-state index in [9.17, 15) is 9.59 Å². The lowest BCUT2D eigenvalue weighted by atomic mass is 10.4. The van der Waals surface area contributed by atoms with Gasteiger partial charge in [-0.3, -0.25) is 9.59 Å². The second-order valence-electron chi connectivity index (χ2n) is 3.09. The van der Waals surface area contributed by atoms with E-state index in [0.717, 1.165) is 11.8 Å². The highest BCUT2D eigenvalue weighted by Gasteiger charge is 2.05. The second-order valence-corrected chi connectivity index (χ2v) is 4.08. The van der Waals surface area contributed by atoms with Gasteiger partial charge in [0.1, 0.15) is 11.5 Å². The number of nitrogens with zero attached hydrogens (tertiary/aromatic N) is 1. The van der Waals surface area contributed by atoms with Crippen LogP contribution in [0.25, 0.3) is 0 Å². The molecule has 0 atom stereocenters. The summed E-state index contributed by atoms with van der Waals surface area (Å²) in [6, 6.07) is 1.73. The lowest BCUT2D eigenvalue weighted by Crippen LogP contribution is -2.25. The topological polar surface area (TPSA) is 92.4 Å². The van der Waals surface area contributed by atoms with Gasteiger partial charge < -0.3 is 14.9 Å². The number of nitrogens with one attached hydrogen (secondary N) is 1. The van der Waals surface area contributed by atoms with Crippen molar-refractivity contribution in [2.45, 2.75) is 13.5 Å². The molecule has 2 N–H and O–H groups in total. The SMILES string of the molecule is Cc1cc(CNC(=O)CSCC(=O)O)no1. The van der Waals surface area contributed by atoms with Gasteiger partial charge in [0.05, 0.1) is 18.1 Å². The summed E-state index contributed by atoms with van der Waals surface area (Å²) in [5, 5.41) is 14.7. The fourth-order valence-corrected chi connectivity index (χ4v) is 1.54. The summed E-state index contributed by atoms with van der Waals surface area (Å²) in [4.78, 5) is 21.4. The molecule has 0 bridgehead atoms. The number of amides is 1. The number of aromatic nitrogens is 1. The molecule has 0 aliphatic heterocycles. The summed E-state index contributed by atoms with van der Waals surface area (Å²) < 4.78 is 4.83. The molecule has 0 fully saturated rings. The molecule has 88 valence electrons. The van der Waals surface area contributed by atoms with Crippen LogP contribution in [0.5, 0.6) is 0 Å². The Bertz CT molecular complexity index is 377. The lowest BCUT2D eigenvalue weighted by Gasteiger charge is -2.01. The molecule has 16 heavy (non-hydrogen) atoms. The van der Waals surface area contributed by atoms with Crippen molar-refractivity contribution in [1.29, 1.82) is 0 Å². The number of carbonyl (C=O) groups excluding carboxylic acids is 1. The first-order chi connectivity index (χ1) is 7.58. The molecule has 6 nitrogen and oxygen atoms in total. The summed E-state index contributed by atoms with van der Waals surface area (Å²) in [5.41, 5.74) is 0.647. The molecule has 0 spiro atoms. The zero-order chi connectivity index (χ0) is 12.0. The van der Waals surface area contributed by atoms with Gasteiger partial charge in [0.2, 0.25) is 5.91 Å². The number of aliphatic carboxylic acids is 1. The predicted octanol–water partition coefficient (Wildman–Crippen LogP) is 0.417. The van der Waals surface area contributed by atoms with E-state index in [1.54, 1.807) is 13.0 Å². The summed E-state index contributed by atoms with van der Waals surface area (Å²) in [7, 11) is 0. The van der Waals surface area contributed by atoms with Gasteiger partial charge in [-0.25, -0.2) is 0 Å². The molecule has 1 aromatic heterocycles. The van der Waals surface area contributed by atoms with Crippen LogP contribution < -0.4 is 5.32 Å². The predicted molar refractivity (Wildman–Crippen MR) is 58.0 cm³/mol. The van der Waals surface area contributed by atoms with Crippen LogP contribution in [0, 0.1) is 6.92 Å². The van der Waals surface area contributed by atoms with Crippen LogP contribution >= 0.6 is 11.8 Å². The molecule has 0 aromatic carbocycles. The summed E-state index contributed by atoms with van der Waals surface area (Å²) in [5.74, 6) is -0.402. The average Bonchev–Trinajstić information content (AvgIpc) is 2.61. The number of hydrogen-bond donors (Lipinski definition) is 2. The van der Waals surface area contributed by atoms with Crippen molar-refractivity contribution in [1.82, 2.24) is 10.5 Å². The van der Waals surface area contributed by atoms with E-state index < -0.39 is 5.97 Å². The largest absolute Gasteiger partial charge is 0.481 e. The number of rotatable bonds is 6. The number of aryl methyl sites for hydroxylation is 1. The van der Waals surface area contributed by atoms with Crippen molar-refractivity contribution < 1.29 is 19.2 Å². The van der Waals surface area contributed by atoms with E-state index in [4.69, 9.17) is 9.63 Å². The minimum atomic E-state index is -0.926. The van der Waals surface area contributed by atoms with Crippen molar-refractivity contribution in [3.63, 3.8) is 0 Å². The molecule has 1 rings (SSSR count). The minimum absolute atomic E-state index is 0.0729. The Kier molecular flexibility index (Phi) is 4.84. The van der Waals surface area contributed by atoms with Crippen molar-refractivity contribution in [2.24, 2.45) is 0 Å². The molecule has 0 aliphatic rings. The van der Waals surface area contributed by atoms with Crippen LogP contribution in [0.2, 0.25) is 0 Å². The fraction of sp³-hybridized carbons (Fsp3) is 0.444. The maximum atomic E-state index is 11.2. The first kappa shape index (κ1) is 12.6. The second kappa shape index (κ2) is 6.16. The Morgan fingerprint density at radius 1 is 1.56 bits per heavy atom. The highest BCUT2D eigenvalue weighted by molar-refractivity contribution is 8.00. The average molecular weight is 244 g/mol. The van der Waals surface area contributed by atoms with Crippen molar-refractivity contribution >= 4 is 23.6 Å². The Hall–Kier alpha value is -1.50. The van der Waals surface area contributed by atoms with Gasteiger partial charge in [-0.05, 0) is 6.92 Å². The molecule has 0 saturated carbocycles. The van der Waals surface area contributed by atoms with Crippen LogP contribution in [0.4, 0.5) is 0 Å². The van der Waals surface area contributed by atoms with Crippen LogP contribution in [0.3, 0.4) is 0 Å². The quantitative estimate of drug-likeness (QED) is 0.753. The maximum Gasteiger partial charge on any atom is 0.313 e. The highest BCUT2D eigenvalue weighted by Crippen LogP contribution is 2.02. The highest BCUT2D eigenvalue weighted by atomic mass is 32.2. The molecular weight excluding hydrogens is 232 g/mol. The monoisotopic (exact) mass is 244 g/mol. The van der Waals surface area contributed by atoms with Gasteiger partial charge in [0, 0.05) is 6.07 Å². The van der Waals surface area contributed by atoms with Gasteiger partial charge in [-0.15, -0.1) is 11.8 Å². The third kappa shape index (κ3) is 4.83. The van der Waals surface area contributed by atoms with Crippen molar-refractivity contribution in [3.8, 4) is 0 Å². The van der Waals surface area contributed by atoms with Crippen LogP contribution in [-0.4, -0.2) is 33.6 Å². The lowest BCUT2D eigenvalue weighted by molar-refractivity contribution is -0.133. The third-order valence-corrected chi connectivity index (χ3v) is 2.52. The van der Waals surface area contributed by atoms with Crippen LogP contribution in [0.15, 0.2) is 10.6 Å². The number of carboxylic acid groups (broad SMARTS) is 1. The molecule has 7 heteroatoms. The molecule has 0 saturated heterocycles. The Morgan fingerprint density at radius 2 is 2.31 bits per heavy atom. The number of thioether (sulfide) groups is 1. The fourth-order valence-electron chi connectivity index (χ4n) is 0.972. The molecule has 0 unspecified atom stereocenters. The zero-order valence-corrected chi connectivity index (χ0v) is 9.54. The molecule has 1 aromatic rings. The van der Waals surface area contributed by atoms with Gasteiger partial charge in [-0.2, -0.15) is 0 Å². The Labute approximate surface area is 96.4 Å². The van der Waals surface area contributed by atoms with Crippen LogP contribution in [-0.2, 0) is 16.1 Å². The third-order valence-electron chi connectivity index (χ3n) is 1.60. The van der Waals surface area contributed by atoms with Gasteiger partial charge in [-0.1, -0.05) is 5.16 Å². The van der Waals surface area contributed by atoms with E-state index in [1.807, 2.05) is 0 Å². The van der Waals surface area contributed by atoms with E-state index in [0.29, 0.717) is 18.0 Å². The standard InChI is InChI=1S/C9H12N2O4S/c1-6-2-7(11-15-6)3-10-8(12)4-16-5-9(13)14/h2H,3-5H2,1H3,(H,10,12)(H,13,14). The minimum Gasteiger partial charge on any atom is -0.481 e. The first-order valence-electron chi connectivity index (χ1n) is 4.56. The smallest absolute Gasteiger partial charge is 0.313 e. The zero-order valence-electron chi connectivity index (χ0n) is 8.73. The Morgan fingerprint density at radius 3 is 2.88 bits per heavy atom. The number of carbonyl (C=O) groups is 2. The van der Waals surface area contributed by atoms with Crippen molar-refractivity contribution in [3.05, 3.63) is 17.5 Å². The van der Waals surface area contributed by atoms with Crippen LogP contribution in [0.1, 0.15) is 11.5 Å². The number of carboxylic acids is 1. The van der Waals surface area contributed by atoms with E-state index in [-0.39, 0.29) is 17.4 Å². The normalized spacial score (nSPS) is 10.1. The molecule has 1 amide bonds. The van der Waals surface area contributed by atoms with Gasteiger partial charge in [0.15, 0.2) is 0 Å². The van der Waals surface area contributed by atoms with Crippen molar-refractivity contribution in [2.75, 3.05) is 11.5 Å². The van der Waals surface area contributed by atoms with Gasteiger partial charge >= 0.3 is 5.97 Å². The summed E-state index contributed by atoms with van der Waals surface area (Å²) >= 11 is 1.05. The van der Waals surface area contributed by atoms with E-state index in [2.05, 4.69) is 10.5 Å². The first-order valence-corrected chi connectivity index (χ1v) is 5.72. The van der Waals surface area contributed by atoms with E-state index >= 15 is 0 Å². The summed E-state index contributed by atoms with van der Waals surface area (Å²) in [6.45, 7) is 2.06. The molecule has 0 radical (unpaired) electrons. The van der Waals surface area contributed by atoms with E-state index in [1.165, 1.54) is 0 Å². The molecular formula is C9H12N2O4S. The Balaban J connectivity index is 2.17. The summed E-state index contributed by atoms with van der Waals surface area (Å²) in [6.07, 6.45) is 0. The maximum absolute atomic E-state index is 11.2. The number of hydrogen-bond acceptors (Lipinski definition) is 5. The van der Waals surface area contributed by atoms with Gasteiger partial charge in [0.25, 0.3) is 0 Å².